The lowest BCUT2D eigenvalue weighted by molar-refractivity contribution is -0.148. The van der Waals surface area contributed by atoms with Crippen LogP contribution in [-0.2, 0) is 9.59 Å². The number of hydrogen-bond acceptors (Lipinski definition) is 3. The van der Waals surface area contributed by atoms with Crippen LogP contribution >= 0.6 is 0 Å². The number of allylic oxidation sites excluding steroid dienone is 4. The zero-order chi connectivity index (χ0) is 15.7. The zero-order valence-electron chi connectivity index (χ0n) is 13.3. The molecule has 6 atom stereocenters. The summed E-state index contributed by atoms with van der Waals surface area (Å²) in [7, 11) is 0. The molecule has 0 amide bonds. The number of aliphatic hydroxyl groups is 1. The van der Waals surface area contributed by atoms with E-state index in [4.69, 9.17) is 0 Å². The summed E-state index contributed by atoms with van der Waals surface area (Å²) in [6.07, 6.45) is 9.22. The van der Waals surface area contributed by atoms with Crippen LogP contribution in [0.1, 0.15) is 46.0 Å². The van der Waals surface area contributed by atoms with E-state index in [9.17, 15) is 14.7 Å². The fourth-order valence-corrected chi connectivity index (χ4v) is 5.95. The summed E-state index contributed by atoms with van der Waals surface area (Å²) in [5, 5.41) is 10.8. The highest BCUT2D eigenvalue weighted by atomic mass is 16.3. The van der Waals surface area contributed by atoms with Gasteiger partial charge in [-0.25, -0.2) is 0 Å². The van der Waals surface area contributed by atoms with Gasteiger partial charge in [-0.15, -0.1) is 0 Å². The van der Waals surface area contributed by atoms with Gasteiger partial charge in [-0.05, 0) is 62.5 Å². The predicted octanol–water partition coefficient (Wildman–Crippen LogP) is 2.83. The molecule has 1 N–H and O–H groups in total. The van der Waals surface area contributed by atoms with Crippen LogP contribution in [-0.4, -0.2) is 22.8 Å². The lowest BCUT2D eigenvalue weighted by Gasteiger charge is -2.57. The van der Waals surface area contributed by atoms with Crippen molar-refractivity contribution >= 4 is 11.6 Å². The van der Waals surface area contributed by atoms with Crippen molar-refractivity contribution in [2.24, 2.45) is 28.6 Å². The van der Waals surface area contributed by atoms with Crippen LogP contribution in [0.4, 0.5) is 0 Å². The molecular formula is C19H24O3. The fraction of sp³-hybridized carbons (Fsp3) is 0.684. The van der Waals surface area contributed by atoms with E-state index >= 15 is 0 Å². The number of carbonyl (C=O) groups is 2. The number of fused-ring (bicyclic) bond motifs is 5. The highest BCUT2D eigenvalue weighted by molar-refractivity contribution is 6.01. The first kappa shape index (κ1) is 14.4. The smallest absolute Gasteiger partial charge is 0.178 e. The van der Waals surface area contributed by atoms with E-state index in [-0.39, 0.29) is 17.0 Å². The van der Waals surface area contributed by atoms with Gasteiger partial charge in [0.1, 0.15) is 5.78 Å². The molecule has 0 heterocycles. The molecule has 0 radical (unpaired) electrons. The molecule has 6 unspecified atom stereocenters. The van der Waals surface area contributed by atoms with Crippen LogP contribution in [0.15, 0.2) is 23.8 Å². The minimum atomic E-state index is -0.545. The Kier molecular flexibility index (Phi) is 2.88. The molecular weight excluding hydrogens is 276 g/mol. The third-order valence-corrected chi connectivity index (χ3v) is 7.38. The minimum absolute atomic E-state index is 0.0863. The lowest BCUT2D eigenvalue weighted by Crippen LogP contribution is -2.56. The summed E-state index contributed by atoms with van der Waals surface area (Å²) >= 11 is 0. The first-order chi connectivity index (χ1) is 10.4. The molecule has 4 aliphatic carbocycles. The van der Waals surface area contributed by atoms with E-state index in [1.54, 1.807) is 12.2 Å². The number of Topliss-reactive ketones (excluding diaryl/α,β-unsaturated/α-hetero) is 1. The molecule has 0 spiro atoms. The van der Waals surface area contributed by atoms with E-state index in [2.05, 4.69) is 13.0 Å². The van der Waals surface area contributed by atoms with Crippen LogP contribution in [0.25, 0.3) is 0 Å². The third-order valence-electron chi connectivity index (χ3n) is 7.38. The Hall–Kier alpha value is -1.22. The highest BCUT2D eigenvalue weighted by Crippen LogP contribution is 2.63. The second-order valence-electron chi connectivity index (χ2n) is 8.10. The SMILES string of the molecule is CC12C=CC(=O)C=C1CCC1C2CC(O)C2(C)C(=O)CCC12. The second kappa shape index (κ2) is 4.41. The third kappa shape index (κ3) is 1.61. The van der Waals surface area contributed by atoms with Gasteiger partial charge in [0.15, 0.2) is 5.78 Å². The maximum absolute atomic E-state index is 12.4. The van der Waals surface area contributed by atoms with Gasteiger partial charge in [-0.3, -0.25) is 9.59 Å². The summed E-state index contributed by atoms with van der Waals surface area (Å²) in [4.78, 5) is 24.1. The van der Waals surface area contributed by atoms with Crippen molar-refractivity contribution in [2.45, 2.75) is 52.1 Å². The molecule has 4 rings (SSSR count). The molecule has 22 heavy (non-hydrogen) atoms. The Labute approximate surface area is 131 Å². The minimum Gasteiger partial charge on any atom is -0.392 e. The standard InChI is InChI=1S/C19H24O3/c1-18-8-7-12(20)9-11(18)3-4-13-14-5-6-16(21)19(14,2)17(22)10-15(13)18/h7-9,13-15,17,22H,3-6,10H2,1-2H3. The van der Waals surface area contributed by atoms with Gasteiger partial charge in [0, 0.05) is 11.8 Å². The number of rotatable bonds is 0. The molecule has 3 fully saturated rings. The largest absolute Gasteiger partial charge is 0.392 e. The van der Waals surface area contributed by atoms with E-state index in [0.717, 1.165) is 19.3 Å². The van der Waals surface area contributed by atoms with Crippen molar-refractivity contribution in [1.82, 2.24) is 0 Å². The second-order valence-corrected chi connectivity index (χ2v) is 8.10. The Morgan fingerprint density at radius 3 is 2.68 bits per heavy atom. The summed E-state index contributed by atoms with van der Waals surface area (Å²) in [5.74, 6) is 1.47. The van der Waals surface area contributed by atoms with Gasteiger partial charge in [-0.2, -0.15) is 0 Å². The average Bonchev–Trinajstić information content (AvgIpc) is 2.79. The number of aliphatic hydroxyl groups excluding tert-OH is 1. The van der Waals surface area contributed by atoms with Gasteiger partial charge < -0.3 is 5.11 Å². The van der Waals surface area contributed by atoms with Gasteiger partial charge in [-0.1, -0.05) is 18.6 Å². The van der Waals surface area contributed by atoms with Crippen LogP contribution in [0.2, 0.25) is 0 Å². The van der Waals surface area contributed by atoms with Gasteiger partial charge >= 0.3 is 0 Å². The topological polar surface area (TPSA) is 54.4 Å². The summed E-state index contributed by atoms with van der Waals surface area (Å²) in [6.45, 7) is 4.20. The van der Waals surface area contributed by atoms with E-state index < -0.39 is 11.5 Å². The molecule has 3 heteroatoms. The lowest BCUT2D eigenvalue weighted by atomic mass is 9.48. The van der Waals surface area contributed by atoms with Crippen molar-refractivity contribution < 1.29 is 14.7 Å². The first-order valence-corrected chi connectivity index (χ1v) is 8.53. The van der Waals surface area contributed by atoms with Crippen LogP contribution in [0.5, 0.6) is 0 Å². The quantitative estimate of drug-likeness (QED) is 0.748. The fourth-order valence-electron chi connectivity index (χ4n) is 5.95. The zero-order valence-corrected chi connectivity index (χ0v) is 13.3. The maximum atomic E-state index is 12.4. The van der Waals surface area contributed by atoms with Crippen molar-refractivity contribution in [3.05, 3.63) is 23.8 Å². The Morgan fingerprint density at radius 1 is 1.14 bits per heavy atom. The van der Waals surface area contributed by atoms with Gasteiger partial charge in [0.05, 0.1) is 11.5 Å². The van der Waals surface area contributed by atoms with E-state index in [1.807, 2.05) is 6.92 Å². The molecule has 0 aromatic carbocycles. The Morgan fingerprint density at radius 2 is 1.91 bits per heavy atom. The van der Waals surface area contributed by atoms with Crippen molar-refractivity contribution in [2.75, 3.05) is 0 Å². The Balaban J connectivity index is 1.76. The molecule has 0 bridgehead atoms. The van der Waals surface area contributed by atoms with Crippen molar-refractivity contribution in [1.29, 1.82) is 0 Å². The number of ketones is 2. The number of carbonyl (C=O) groups excluding carboxylic acids is 2. The average molecular weight is 300 g/mol. The molecule has 0 aliphatic heterocycles. The maximum Gasteiger partial charge on any atom is 0.178 e. The molecule has 4 aliphatic rings. The normalized spacial score (nSPS) is 50.2. The van der Waals surface area contributed by atoms with Crippen LogP contribution in [0, 0.1) is 28.6 Å². The predicted molar refractivity (Wildman–Crippen MR) is 83.0 cm³/mol. The van der Waals surface area contributed by atoms with Gasteiger partial charge in [0.2, 0.25) is 0 Å². The molecule has 0 aromatic rings. The Bertz CT molecular complexity index is 616. The number of hydrogen-bond donors (Lipinski definition) is 1. The first-order valence-electron chi connectivity index (χ1n) is 8.53. The summed E-state index contributed by atoms with van der Waals surface area (Å²) in [5.41, 5.74) is 0.568. The van der Waals surface area contributed by atoms with E-state index in [1.165, 1.54) is 5.57 Å². The monoisotopic (exact) mass is 300 g/mol. The molecule has 0 aromatic heterocycles. The van der Waals surface area contributed by atoms with Gasteiger partial charge in [0.25, 0.3) is 0 Å². The van der Waals surface area contributed by atoms with E-state index in [0.29, 0.717) is 30.6 Å². The highest BCUT2D eigenvalue weighted by Gasteiger charge is 2.62. The molecule has 0 saturated heterocycles. The van der Waals surface area contributed by atoms with Crippen molar-refractivity contribution in [3.8, 4) is 0 Å². The van der Waals surface area contributed by atoms with Crippen LogP contribution in [0.3, 0.4) is 0 Å². The molecule has 3 saturated carbocycles. The molecule has 3 nitrogen and oxygen atoms in total. The molecule has 118 valence electrons. The summed E-state index contributed by atoms with van der Waals surface area (Å²) in [6, 6.07) is 0. The van der Waals surface area contributed by atoms with Crippen molar-refractivity contribution in [3.63, 3.8) is 0 Å². The van der Waals surface area contributed by atoms with Crippen LogP contribution < -0.4 is 0 Å². The summed E-state index contributed by atoms with van der Waals surface area (Å²) < 4.78 is 0.